The van der Waals surface area contributed by atoms with E-state index in [0.717, 1.165) is 31.2 Å². The highest BCUT2D eigenvalue weighted by Gasteiger charge is 2.37. The lowest BCUT2D eigenvalue weighted by Crippen LogP contribution is -2.51. The lowest BCUT2D eigenvalue weighted by atomic mass is 9.95. The zero-order valence-electron chi connectivity index (χ0n) is 16.3. The molecule has 1 aromatic rings. The van der Waals surface area contributed by atoms with Crippen molar-refractivity contribution >= 4 is 28.3 Å². The molecule has 2 bridgehead atoms. The molecule has 0 aliphatic carbocycles. The summed E-state index contributed by atoms with van der Waals surface area (Å²) >= 11 is 0. The summed E-state index contributed by atoms with van der Waals surface area (Å²) in [6.07, 6.45) is 5.84. The molecule has 1 amide bonds. The number of nitrogens with zero attached hydrogens (tertiary/aromatic N) is 1. The van der Waals surface area contributed by atoms with Gasteiger partial charge in [-0.05, 0) is 57.6 Å². The molecule has 8 heteroatoms. The van der Waals surface area contributed by atoms with Crippen molar-refractivity contribution in [1.29, 1.82) is 0 Å². The average molecular weight is 428 g/mol. The highest BCUT2D eigenvalue weighted by atomic mass is 35.5. The van der Waals surface area contributed by atoms with E-state index in [-0.39, 0.29) is 36.8 Å². The van der Waals surface area contributed by atoms with Crippen LogP contribution in [0.4, 0.5) is 0 Å². The van der Waals surface area contributed by atoms with Gasteiger partial charge in [0.1, 0.15) is 0 Å². The summed E-state index contributed by atoms with van der Waals surface area (Å²) in [5.74, 6) is -0.239. The molecule has 3 aliphatic rings. The lowest BCUT2D eigenvalue weighted by Gasteiger charge is -2.34. The van der Waals surface area contributed by atoms with Crippen molar-refractivity contribution in [1.82, 2.24) is 14.9 Å². The SMILES string of the molecule is Cc1ccc(S(=O)(=O)N2CCCC(C(=O)NC3CC4CCC(C3)N4)C2)cc1.Cl. The fraction of sp³-hybridized carbons (Fsp3) is 0.650. The third-order valence-corrected chi connectivity index (χ3v) is 8.11. The third-order valence-electron chi connectivity index (χ3n) is 6.23. The van der Waals surface area contributed by atoms with Crippen LogP contribution in [0.1, 0.15) is 44.1 Å². The number of aryl methyl sites for hydroxylation is 1. The largest absolute Gasteiger partial charge is 0.353 e. The molecule has 3 fully saturated rings. The van der Waals surface area contributed by atoms with Gasteiger partial charge in [0.25, 0.3) is 0 Å². The molecule has 0 spiro atoms. The zero-order chi connectivity index (χ0) is 19.0. The van der Waals surface area contributed by atoms with Gasteiger partial charge in [-0.15, -0.1) is 12.4 Å². The first kappa shape index (κ1) is 21.6. The van der Waals surface area contributed by atoms with Gasteiger partial charge in [-0.25, -0.2) is 8.42 Å². The Hall–Kier alpha value is -1.15. The third kappa shape index (κ3) is 4.53. The Labute approximate surface area is 173 Å². The predicted octanol–water partition coefficient (Wildman–Crippen LogP) is 2.22. The van der Waals surface area contributed by atoms with Crippen molar-refractivity contribution in [2.75, 3.05) is 13.1 Å². The van der Waals surface area contributed by atoms with E-state index in [9.17, 15) is 13.2 Å². The minimum Gasteiger partial charge on any atom is -0.353 e. The smallest absolute Gasteiger partial charge is 0.243 e. The van der Waals surface area contributed by atoms with Gasteiger partial charge in [0, 0.05) is 31.2 Å². The normalized spacial score (nSPS) is 30.5. The Balaban J connectivity index is 0.00000225. The molecular formula is C20H30ClN3O3S. The van der Waals surface area contributed by atoms with Crippen molar-refractivity contribution < 1.29 is 13.2 Å². The molecule has 2 N–H and O–H groups in total. The van der Waals surface area contributed by atoms with Crippen LogP contribution >= 0.6 is 12.4 Å². The molecule has 3 heterocycles. The number of rotatable bonds is 4. The van der Waals surface area contributed by atoms with E-state index in [2.05, 4.69) is 10.6 Å². The number of sulfonamides is 1. The number of hydrogen-bond donors (Lipinski definition) is 2. The van der Waals surface area contributed by atoms with Gasteiger partial charge in [0.05, 0.1) is 10.8 Å². The van der Waals surface area contributed by atoms with E-state index < -0.39 is 10.0 Å². The van der Waals surface area contributed by atoms with Crippen molar-refractivity contribution in [3.8, 4) is 0 Å². The fourth-order valence-corrected chi connectivity index (χ4v) is 6.25. The van der Waals surface area contributed by atoms with E-state index in [4.69, 9.17) is 0 Å². The van der Waals surface area contributed by atoms with Crippen LogP contribution in [0, 0.1) is 12.8 Å². The Kier molecular flexibility index (Phi) is 6.69. The number of fused-ring (bicyclic) bond motifs is 2. The standard InChI is InChI=1S/C20H29N3O3S.ClH/c1-14-4-8-19(9-5-14)27(25,26)23-10-2-3-15(13-23)20(24)22-18-11-16-6-7-17(12-18)21-16;/h4-5,8-9,15-18,21H,2-3,6-7,10-13H2,1H3,(H,22,24);1H. The molecule has 3 unspecified atom stereocenters. The van der Waals surface area contributed by atoms with Gasteiger partial charge in [-0.2, -0.15) is 4.31 Å². The van der Waals surface area contributed by atoms with E-state index in [1.54, 1.807) is 12.1 Å². The van der Waals surface area contributed by atoms with Gasteiger partial charge in [-0.3, -0.25) is 4.79 Å². The second kappa shape index (κ2) is 8.69. The minimum absolute atomic E-state index is 0. The Morgan fingerprint density at radius 3 is 2.39 bits per heavy atom. The first-order chi connectivity index (χ1) is 12.9. The molecule has 28 heavy (non-hydrogen) atoms. The molecule has 4 rings (SSSR count). The van der Waals surface area contributed by atoms with Crippen LogP contribution in [0.25, 0.3) is 0 Å². The maximum Gasteiger partial charge on any atom is 0.243 e. The van der Waals surface area contributed by atoms with Gasteiger partial charge < -0.3 is 10.6 Å². The first-order valence-electron chi connectivity index (χ1n) is 10.0. The van der Waals surface area contributed by atoms with Crippen molar-refractivity contribution in [3.63, 3.8) is 0 Å². The summed E-state index contributed by atoms with van der Waals surface area (Å²) in [4.78, 5) is 13.1. The number of halogens is 1. The molecule has 0 saturated carbocycles. The zero-order valence-corrected chi connectivity index (χ0v) is 17.9. The molecule has 1 aromatic carbocycles. The second-order valence-corrected chi connectivity index (χ2v) is 10.3. The van der Waals surface area contributed by atoms with Crippen molar-refractivity contribution in [2.45, 2.75) is 68.5 Å². The second-order valence-electron chi connectivity index (χ2n) is 8.33. The molecular weight excluding hydrogens is 398 g/mol. The van der Waals surface area contributed by atoms with Crippen LogP contribution in [-0.4, -0.2) is 49.8 Å². The number of carbonyl (C=O) groups excluding carboxylic acids is 1. The first-order valence-corrected chi connectivity index (χ1v) is 11.5. The maximum absolute atomic E-state index is 12.9. The van der Waals surface area contributed by atoms with Crippen molar-refractivity contribution in [2.24, 2.45) is 5.92 Å². The Morgan fingerprint density at radius 2 is 1.75 bits per heavy atom. The quantitative estimate of drug-likeness (QED) is 0.772. The molecule has 156 valence electrons. The highest BCUT2D eigenvalue weighted by Crippen LogP contribution is 2.28. The minimum atomic E-state index is -3.54. The maximum atomic E-state index is 12.9. The average Bonchev–Trinajstić information content (AvgIpc) is 3.00. The monoisotopic (exact) mass is 427 g/mol. The Morgan fingerprint density at radius 1 is 1.11 bits per heavy atom. The summed E-state index contributed by atoms with van der Waals surface area (Å²) in [5.41, 5.74) is 1.03. The summed E-state index contributed by atoms with van der Waals surface area (Å²) in [5, 5.41) is 6.79. The number of amides is 1. The van der Waals surface area contributed by atoms with Gasteiger partial charge in [0.15, 0.2) is 0 Å². The van der Waals surface area contributed by atoms with Crippen LogP contribution in [-0.2, 0) is 14.8 Å². The predicted molar refractivity (Wildman–Crippen MR) is 111 cm³/mol. The summed E-state index contributed by atoms with van der Waals surface area (Å²) < 4.78 is 27.4. The van der Waals surface area contributed by atoms with Gasteiger partial charge in [0.2, 0.25) is 15.9 Å². The van der Waals surface area contributed by atoms with Crippen molar-refractivity contribution in [3.05, 3.63) is 29.8 Å². The number of nitrogens with one attached hydrogen (secondary N) is 2. The molecule has 3 aliphatic heterocycles. The van der Waals surface area contributed by atoms with Gasteiger partial charge in [-0.1, -0.05) is 17.7 Å². The Bertz CT molecular complexity index is 787. The fourth-order valence-electron chi connectivity index (χ4n) is 4.73. The lowest BCUT2D eigenvalue weighted by molar-refractivity contribution is -0.127. The number of piperidine rings is 2. The van der Waals surface area contributed by atoms with Crippen LogP contribution in [0.5, 0.6) is 0 Å². The van der Waals surface area contributed by atoms with Crippen LogP contribution in [0.15, 0.2) is 29.2 Å². The van der Waals surface area contributed by atoms with E-state index in [1.807, 2.05) is 19.1 Å². The van der Waals surface area contributed by atoms with Crippen LogP contribution in [0.2, 0.25) is 0 Å². The van der Waals surface area contributed by atoms with E-state index >= 15 is 0 Å². The highest BCUT2D eigenvalue weighted by molar-refractivity contribution is 7.89. The summed E-state index contributed by atoms with van der Waals surface area (Å²) in [7, 11) is -3.54. The number of hydrogen-bond acceptors (Lipinski definition) is 4. The molecule has 0 aromatic heterocycles. The van der Waals surface area contributed by atoms with Crippen LogP contribution < -0.4 is 10.6 Å². The topological polar surface area (TPSA) is 78.5 Å². The van der Waals surface area contributed by atoms with Gasteiger partial charge >= 0.3 is 0 Å². The number of benzene rings is 1. The molecule has 6 nitrogen and oxygen atoms in total. The van der Waals surface area contributed by atoms with E-state index in [0.29, 0.717) is 23.5 Å². The number of carbonyl (C=O) groups is 1. The summed E-state index contributed by atoms with van der Waals surface area (Å²) in [6, 6.07) is 8.20. The van der Waals surface area contributed by atoms with E-state index in [1.165, 1.54) is 17.1 Å². The molecule has 0 radical (unpaired) electrons. The molecule has 3 saturated heterocycles. The summed E-state index contributed by atoms with van der Waals surface area (Å²) in [6.45, 7) is 2.70. The van der Waals surface area contributed by atoms with Crippen LogP contribution in [0.3, 0.4) is 0 Å². The molecule has 3 atom stereocenters.